The molecule has 0 aliphatic carbocycles. The van der Waals surface area contributed by atoms with Crippen molar-refractivity contribution in [3.05, 3.63) is 47.0 Å². The summed E-state index contributed by atoms with van der Waals surface area (Å²) in [7, 11) is 3.13. The SMILES string of the molecule is CCC/C(=C\c1ccc2c(c1OC)OCCO2)C(=O)c1ccc(OC)c(N)c1. The van der Waals surface area contributed by atoms with Crippen molar-refractivity contribution in [2.24, 2.45) is 0 Å². The number of hydrogen-bond acceptors (Lipinski definition) is 6. The van der Waals surface area contributed by atoms with E-state index in [1.165, 1.54) is 0 Å². The van der Waals surface area contributed by atoms with Crippen LogP contribution in [0.4, 0.5) is 5.69 Å². The topological polar surface area (TPSA) is 80.0 Å². The Morgan fingerprint density at radius 1 is 1.14 bits per heavy atom. The van der Waals surface area contributed by atoms with Crippen LogP contribution in [0.5, 0.6) is 23.0 Å². The lowest BCUT2D eigenvalue weighted by Gasteiger charge is -2.21. The molecule has 28 heavy (non-hydrogen) atoms. The molecule has 6 heteroatoms. The largest absolute Gasteiger partial charge is 0.495 e. The minimum Gasteiger partial charge on any atom is -0.495 e. The maximum Gasteiger partial charge on any atom is 0.204 e. The van der Waals surface area contributed by atoms with Crippen molar-refractivity contribution in [1.29, 1.82) is 0 Å². The number of carbonyl (C=O) groups is 1. The van der Waals surface area contributed by atoms with Gasteiger partial charge in [0.15, 0.2) is 17.3 Å². The zero-order chi connectivity index (χ0) is 20.1. The fourth-order valence-corrected chi connectivity index (χ4v) is 3.20. The summed E-state index contributed by atoms with van der Waals surface area (Å²) >= 11 is 0. The minimum atomic E-state index is -0.0758. The van der Waals surface area contributed by atoms with Gasteiger partial charge < -0.3 is 24.7 Å². The van der Waals surface area contributed by atoms with Gasteiger partial charge in [-0.05, 0) is 42.8 Å². The number of methoxy groups -OCH3 is 2. The Balaban J connectivity index is 2.01. The van der Waals surface area contributed by atoms with Crippen LogP contribution >= 0.6 is 0 Å². The Kier molecular flexibility index (Phi) is 6.09. The number of allylic oxidation sites excluding steroid dienone is 1. The highest BCUT2D eigenvalue weighted by atomic mass is 16.6. The predicted octanol–water partition coefficient (Wildman–Crippen LogP) is 4.12. The van der Waals surface area contributed by atoms with Gasteiger partial charge in [-0.2, -0.15) is 0 Å². The van der Waals surface area contributed by atoms with E-state index < -0.39 is 0 Å². The Labute approximate surface area is 164 Å². The van der Waals surface area contributed by atoms with Crippen molar-refractivity contribution in [1.82, 2.24) is 0 Å². The lowest BCUT2D eigenvalue weighted by atomic mass is 9.96. The van der Waals surface area contributed by atoms with Crippen molar-refractivity contribution in [2.75, 3.05) is 33.2 Å². The third-order valence-electron chi connectivity index (χ3n) is 4.53. The minimum absolute atomic E-state index is 0.0758. The predicted molar refractivity (Wildman–Crippen MR) is 109 cm³/mol. The first kappa shape index (κ1) is 19.6. The average Bonchev–Trinajstić information content (AvgIpc) is 2.72. The number of ether oxygens (including phenoxy) is 4. The number of Topliss-reactive ketones (excluding diaryl/α,β-unsaturated/α-hetero) is 1. The summed E-state index contributed by atoms with van der Waals surface area (Å²) in [5.74, 6) is 2.25. The second kappa shape index (κ2) is 8.69. The van der Waals surface area contributed by atoms with Crippen LogP contribution in [0.15, 0.2) is 35.9 Å². The molecule has 2 N–H and O–H groups in total. The second-order valence-electron chi connectivity index (χ2n) is 6.42. The van der Waals surface area contributed by atoms with Crippen LogP contribution in [0.2, 0.25) is 0 Å². The van der Waals surface area contributed by atoms with Crippen molar-refractivity contribution in [3.8, 4) is 23.0 Å². The highest BCUT2D eigenvalue weighted by Gasteiger charge is 2.21. The molecule has 6 nitrogen and oxygen atoms in total. The van der Waals surface area contributed by atoms with Crippen molar-refractivity contribution < 1.29 is 23.7 Å². The molecule has 0 bridgehead atoms. The highest BCUT2D eigenvalue weighted by molar-refractivity contribution is 6.12. The first-order valence-corrected chi connectivity index (χ1v) is 9.24. The zero-order valence-electron chi connectivity index (χ0n) is 16.4. The maximum absolute atomic E-state index is 13.1. The van der Waals surface area contributed by atoms with Crippen LogP contribution in [-0.4, -0.2) is 33.2 Å². The monoisotopic (exact) mass is 383 g/mol. The molecule has 0 saturated carbocycles. The molecule has 1 aliphatic rings. The number of fused-ring (bicyclic) bond motifs is 1. The summed E-state index contributed by atoms with van der Waals surface area (Å²) in [6, 6.07) is 8.78. The zero-order valence-corrected chi connectivity index (χ0v) is 16.4. The molecule has 2 aromatic carbocycles. The molecule has 0 radical (unpaired) electrons. The Bertz CT molecular complexity index is 904. The molecule has 0 saturated heterocycles. The number of carbonyl (C=O) groups excluding carboxylic acids is 1. The van der Waals surface area contributed by atoms with Gasteiger partial charge in [-0.1, -0.05) is 13.3 Å². The van der Waals surface area contributed by atoms with E-state index in [0.29, 0.717) is 59.5 Å². The van der Waals surface area contributed by atoms with Gasteiger partial charge in [0.2, 0.25) is 5.75 Å². The van der Waals surface area contributed by atoms with E-state index in [4.69, 9.17) is 24.7 Å². The number of ketones is 1. The first-order valence-electron chi connectivity index (χ1n) is 9.24. The van der Waals surface area contributed by atoms with Crippen LogP contribution < -0.4 is 24.7 Å². The van der Waals surface area contributed by atoms with E-state index in [0.717, 1.165) is 12.0 Å². The second-order valence-corrected chi connectivity index (χ2v) is 6.42. The van der Waals surface area contributed by atoms with Gasteiger partial charge in [0.25, 0.3) is 0 Å². The number of anilines is 1. The molecular formula is C22H25NO5. The summed E-state index contributed by atoms with van der Waals surface area (Å²) in [6.45, 7) is 3.00. The third-order valence-corrected chi connectivity index (χ3v) is 4.53. The number of nitrogens with two attached hydrogens (primary N) is 1. The number of nitrogen functional groups attached to an aromatic ring is 1. The lowest BCUT2D eigenvalue weighted by molar-refractivity contribution is 0.103. The summed E-state index contributed by atoms with van der Waals surface area (Å²) in [4.78, 5) is 13.1. The van der Waals surface area contributed by atoms with Gasteiger partial charge in [-0.15, -0.1) is 0 Å². The van der Waals surface area contributed by atoms with E-state index in [2.05, 4.69) is 0 Å². The van der Waals surface area contributed by atoms with E-state index in [9.17, 15) is 4.79 Å². The molecule has 0 aromatic heterocycles. The van der Waals surface area contributed by atoms with Gasteiger partial charge in [-0.3, -0.25) is 4.79 Å². The number of hydrogen-bond donors (Lipinski definition) is 1. The molecule has 0 fully saturated rings. The van der Waals surface area contributed by atoms with Gasteiger partial charge in [0, 0.05) is 16.7 Å². The normalized spacial score (nSPS) is 13.2. The van der Waals surface area contributed by atoms with Crippen molar-refractivity contribution in [2.45, 2.75) is 19.8 Å². The van der Waals surface area contributed by atoms with Crippen LogP contribution in [0.3, 0.4) is 0 Å². The number of benzene rings is 2. The molecule has 0 spiro atoms. The first-order chi connectivity index (χ1) is 13.6. The van der Waals surface area contributed by atoms with E-state index in [1.807, 2.05) is 25.1 Å². The van der Waals surface area contributed by atoms with Gasteiger partial charge in [0.05, 0.1) is 19.9 Å². The Hall–Kier alpha value is -3.15. The van der Waals surface area contributed by atoms with E-state index in [-0.39, 0.29) is 5.78 Å². The fourth-order valence-electron chi connectivity index (χ4n) is 3.20. The molecule has 0 unspecified atom stereocenters. The lowest BCUT2D eigenvalue weighted by Crippen LogP contribution is -2.16. The highest BCUT2D eigenvalue weighted by Crippen LogP contribution is 2.42. The smallest absolute Gasteiger partial charge is 0.204 e. The van der Waals surface area contributed by atoms with Gasteiger partial charge in [0.1, 0.15) is 19.0 Å². The van der Waals surface area contributed by atoms with E-state index in [1.54, 1.807) is 32.4 Å². The average molecular weight is 383 g/mol. The molecule has 1 aliphatic heterocycles. The van der Waals surface area contributed by atoms with Crippen molar-refractivity contribution >= 4 is 17.5 Å². The summed E-state index contributed by atoms with van der Waals surface area (Å²) in [5.41, 5.74) is 8.36. The van der Waals surface area contributed by atoms with Crippen LogP contribution in [-0.2, 0) is 0 Å². The molecule has 2 aromatic rings. The van der Waals surface area contributed by atoms with E-state index >= 15 is 0 Å². The Morgan fingerprint density at radius 3 is 2.61 bits per heavy atom. The maximum atomic E-state index is 13.1. The molecule has 0 atom stereocenters. The summed E-state index contributed by atoms with van der Waals surface area (Å²) < 4.78 is 22.1. The molecule has 1 heterocycles. The van der Waals surface area contributed by atoms with Crippen molar-refractivity contribution in [3.63, 3.8) is 0 Å². The molecule has 148 valence electrons. The molecule has 0 amide bonds. The van der Waals surface area contributed by atoms with Crippen LogP contribution in [0.25, 0.3) is 6.08 Å². The van der Waals surface area contributed by atoms with Crippen LogP contribution in [0, 0.1) is 0 Å². The summed E-state index contributed by atoms with van der Waals surface area (Å²) in [5, 5.41) is 0. The molecule has 3 rings (SSSR count). The van der Waals surface area contributed by atoms with Crippen LogP contribution in [0.1, 0.15) is 35.7 Å². The van der Waals surface area contributed by atoms with Gasteiger partial charge in [-0.25, -0.2) is 0 Å². The van der Waals surface area contributed by atoms with Gasteiger partial charge >= 0.3 is 0 Å². The Morgan fingerprint density at radius 2 is 1.93 bits per heavy atom. The third kappa shape index (κ3) is 3.91. The fraction of sp³-hybridized carbons (Fsp3) is 0.318. The number of rotatable bonds is 7. The standard InChI is InChI=1S/C22H25NO5/c1-4-5-14(20(24)15-6-8-18(25-2)17(23)13-15)12-16-7-9-19-22(21(16)26-3)28-11-10-27-19/h6-9,12-13H,4-5,10-11,23H2,1-3H3/b14-12+. The summed E-state index contributed by atoms with van der Waals surface area (Å²) in [6.07, 6.45) is 3.31. The quantitative estimate of drug-likeness (QED) is 0.440. The molecular weight excluding hydrogens is 358 g/mol.